The van der Waals surface area contributed by atoms with E-state index >= 15 is 0 Å². The summed E-state index contributed by atoms with van der Waals surface area (Å²) in [5.74, 6) is 0. The summed E-state index contributed by atoms with van der Waals surface area (Å²) >= 11 is 0. The van der Waals surface area contributed by atoms with Crippen molar-refractivity contribution in [2.75, 3.05) is 0 Å². The second kappa shape index (κ2) is 14.7. The molecular formula is C71H42. The van der Waals surface area contributed by atoms with Crippen LogP contribution in [0.4, 0.5) is 0 Å². The molecule has 3 aliphatic carbocycles. The molecule has 0 unspecified atom stereocenters. The Bertz CT molecular complexity index is 4470. The zero-order valence-corrected chi connectivity index (χ0v) is 38.8. The van der Waals surface area contributed by atoms with Gasteiger partial charge in [-0.15, -0.1) is 0 Å². The van der Waals surface area contributed by atoms with E-state index in [0.717, 1.165) is 6.42 Å². The number of hydrogen-bond donors (Lipinski definition) is 0. The van der Waals surface area contributed by atoms with Gasteiger partial charge in [-0.05, 0) is 172 Å². The Morgan fingerprint density at radius 1 is 0.197 bits per heavy atom. The molecule has 0 bridgehead atoms. The fourth-order valence-electron chi connectivity index (χ4n) is 13.4. The third-order valence-corrected chi connectivity index (χ3v) is 16.2. The van der Waals surface area contributed by atoms with Crippen molar-refractivity contribution >= 4 is 43.1 Å². The summed E-state index contributed by atoms with van der Waals surface area (Å²) in [4.78, 5) is 0. The molecule has 0 amide bonds. The lowest BCUT2D eigenvalue weighted by atomic mass is 9.73. The molecule has 0 aliphatic heterocycles. The van der Waals surface area contributed by atoms with Gasteiger partial charge in [-0.25, -0.2) is 0 Å². The first-order valence-electron chi connectivity index (χ1n) is 25.0. The van der Waals surface area contributed by atoms with Crippen molar-refractivity contribution in [3.63, 3.8) is 0 Å². The van der Waals surface area contributed by atoms with Crippen LogP contribution in [0.3, 0.4) is 0 Å². The molecular weight excluding hydrogens is 853 g/mol. The zero-order chi connectivity index (χ0) is 46.3. The van der Waals surface area contributed by atoms with Crippen molar-refractivity contribution in [3.05, 3.63) is 254 Å². The van der Waals surface area contributed by atoms with E-state index in [4.69, 9.17) is 0 Å². The van der Waals surface area contributed by atoms with Crippen molar-refractivity contribution in [3.8, 4) is 111 Å². The molecule has 0 aromatic heterocycles. The Balaban J connectivity index is 1.21. The van der Waals surface area contributed by atoms with E-state index < -0.39 is 0 Å². The quantitative estimate of drug-likeness (QED) is 0.161. The van der Waals surface area contributed by atoms with Gasteiger partial charge in [0.1, 0.15) is 0 Å². The fraction of sp³-hybridized carbons (Fsp3) is 0.0141. The van der Waals surface area contributed by atoms with Crippen LogP contribution in [0.25, 0.3) is 154 Å². The number of fused-ring (bicyclic) bond motifs is 11. The van der Waals surface area contributed by atoms with Crippen molar-refractivity contribution < 1.29 is 0 Å². The van der Waals surface area contributed by atoms with Crippen LogP contribution < -0.4 is 0 Å². The van der Waals surface area contributed by atoms with Crippen LogP contribution in [-0.2, 0) is 6.42 Å². The van der Waals surface area contributed by atoms with Gasteiger partial charge in [0.15, 0.2) is 0 Å². The molecule has 0 heteroatoms. The van der Waals surface area contributed by atoms with Crippen LogP contribution >= 0.6 is 0 Å². The Kier molecular flexibility index (Phi) is 8.04. The van der Waals surface area contributed by atoms with Crippen LogP contribution in [0, 0.1) is 0 Å². The SMILES string of the molecule is c1ccc(-c2cccc3c(-c4cccc5c4Cc4ccccc4-5)c(-c4ccc5cccc6c5c4-c4ccccc4-6)c(-c4ccc5cccc6c5c4-c4ccccc4-6)c(-c4cccc5ccccc45)c23)cc1. The lowest BCUT2D eigenvalue weighted by molar-refractivity contribution is 1.27. The monoisotopic (exact) mass is 894 g/mol. The lowest BCUT2D eigenvalue weighted by Crippen LogP contribution is -2.02. The number of hydrogen-bond acceptors (Lipinski definition) is 0. The molecule has 0 nitrogen and oxygen atoms in total. The van der Waals surface area contributed by atoms with Gasteiger partial charge in [0.05, 0.1) is 0 Å². The molecule has 0 saturated carbocycles. The fourth-order valence-corrected chi connectivity index (χ4v) is 13.4. The summed E-state index contributed by atoms with van der Waals surface area (Å²) < 4.78 is 0. The largest absolute Gasteiger partial charge is 0.0622 e. The van der Waals surface area contributed by atoms with Crippen molar-refractivity contribution in [2.24, 2.45) is 0 Å². The minimum Gasteiger partial charge on any atom is -0.0622 e. The van der Waals surface area contributed by atoms with E-state index in [0.29, 0.717) is 0 Å². The van der Waals surface area contributed by atoms with E-state index in [2.05, 4.69) is 243 Å². The molecule has 0 heterocycles. The average Bonchev–Trinajstić information content (AvgIpc) is 4.11. The molecule has 13 aromatic rings. The summed E-state index contributed by atoms with van der Waals surface area (Å²) in [6, 6.07) is 92.1. The van der Waals surface area contributed by atoms with Gasteiger partial charge in [0, 0.05) is 0 Å². The maximum absolute atomic E-state index is 2.48. The van der Waals surface area contributed by atoms with Gasteiger partial charge in [0.2, 0.25) is 0 Å². The smallest absolute Gasteiger partial charge is 0.000696 e. The zero-order valence-electron chi connectivity index (χ0n) is 38.8. The Labute approximate surface area is 412 Å². The molecule has 0 radical (unpaired) electrons. The highest BCUT2D eigenvalue weighted by Crippen LogP contribution is 2.62. The Morgan fingerprint density at radius 3 is 1.37 bits per heavy atom. The highest BCUT2D eigenvalue weighted by Gasteiger charge is 2.35. The first-order valence-corrected chi connectivity index (χ1v) is 25.0. The summed E-state index contributed by atoms with van der Waals surface area (Å²) in [5.41, 5.74) is 28.4. The van der Waals surface area contributed by atoms with Gasteiger partial charge >= 0.3 is 0 Å². The summed E-state index contributed by atoms with van der Waals surface area (Å²) in [6.07, 6.45) is 0.872. The van der Waals surface area contributed by atoms with Crippen molar-refractivity contribution in [2.45, 2.75) is 6.42 Å². The lowest BCUT2D eigenvalue weighted by Gasteiger charge is -2.29. The third kappa shape index (κ3) is 5.34. The Hall–Kier alpha value is -9.10. The highest BCUT2D eigenvalue weighted by atomic mass is 14.4. The van der Waals surface area contributed by atoms with Gasteiger partial charge in [-0.3, -0.25) is 0 Å². The molecule has 0 saturated heterocycles. The van der Waals surface area contributed by atoms with Gasteiger partial charge in [-0.1, -0.05) is 243 Å². The highest BCUT2D eigenvalue weighted by molar-refractivity contribution is 6.30. The van der Waals surface area contributed by atoms with E-state index in [1.165, 1.54) is 165 Å². The van der Waals surface area contributed by atoms with Gasteiger partial charge < -0.3 is 0 Å². The van der Waals surface area contributed by atoms with Crippen LogP contribution in [0.1, 0.15) is 11.1 Å². The minimum atomic E-state index is 0.872. The number of rotatable bonds is 5. The third-order valence-electron chi connectivity index (χ3n) is 16.2. The molecule has 326 valence electrons. The van der Waals surface area contributed by atoms with Crippen molar-refractivity contribution in [1.82, 2.24) is 0 Å². The van der Waals surface area contributed by atoms with Gasteiger partial charge in [0.25, 0.3) is 0 Å². The van der Waals surface area contributed by atoms with Crippen LogP contribution in [0.2, 0.25) is 0 Å². The molecule has 16 rings (SSSR count). The van der Waals surface area contributed by atoms with Crippen LogP contribution in [0.5, 0.6) is 0 Å². The molecule has 0 atom stereocenters. The second-order valence-corrected chi connectivity index (χ2v) is 19.7. The molecule has 71 heavy (non-hydrogen) atoms. The topological polar surface area (TPSA) is 0 Å². The summed E-state index contributed by atoms with van der Waals surface area (Å²) in [5, 5.41) is 10.2. The molecule has 0 spiro atoms. The molecule has 0 N–H and O–H groups in total. The van der Waals surface area contributed by atoms with E-state index in [1.807, 2.05) is 0 Å². The van der Waals surface area contributed by atoms with Gasteiger partial charge in [-0.2, -0.15) is 0 Å². The first kappa shape index (κ1) is 38.8. The normalized spacial score (nSPS) is 12.5. The summed E-state index contributed by atoms with van der Waals surface area (Å²) in [6.45, 7) is 0. The molecule has 3 aliphatic rings. The maximum atomic E-state index is 2.48. The van der Waals surface area contributed by atoms with E-state index in [-0.39, 0.29) is 0 Å². The predicted molar refractivity (Wildman–Crippen MR) is 301 cm³/mol. The van der Waals surface area contributed by atoms with E-state index in [1.54, 1.807) is 0 Å². The maximum Gasteiger partial charge on any atom is -0.000696 e. The minimum absolute atomic E-state index is 0.872. The molecule has 13 aromatic carbocycles. The first-order chi connectivity index (χ1) is 35.3. The summed E-state index contributed by atoms with van der Waals surface area (Å²) in [7, 11) is 0. The van der Waals surface area contributed by atoms with Crippen LogP contribution in [-0.4, -0.2) is 0 Å². The average molecular weight is 895 g/mol. The van der Waals surface area contributed by atoms with Crippen LogP contribution in [0.15, 0.2) is 243 Å². The predicted octanol–water partition coefficient (Wildman–Crippen LogP) is 19.5. The molecule has 0 fully saturated rings. The van der Waals surface area contributed by atoms with E-state index in [9.17, 15) is 0 Å². The second-order valence-electron chi connectivity index (χ2n) is 19.7. The Morgan fingerprint density at radius 2 is 0.662 bits per heavy atom. The standard InChI is InChI=1S/C71H42/c1-2-17-43(18-3-1)49-30-15-36-59-65(49)69(53-32-12-21-42-19-4-6-24-47(42)53)71(61-40-38-45-23-14-34-55-52-27-9-11-29-57(52)67(61)64(45)55)70(68(59)58-35-16-31-50-48-25-7-5-20-46(48)41-62(50)58)60-39-37-44-22-13-33-54-51-26-8-10-28-56(51)66(60)63(44)54/h1-40H,41H2. The van der Waals surface area contributed by atoms with Crippen molar-refractivity contribution in [1.29, 1.82) is 0 Å². The number of benzene rings is 13.